The Bertz CT molecular complexity index is 1030. The SMILES string of the molecule is CCS(=O)(=O)c1ccccc1C(=O)OCC(=O)N1CCN(C(=O)c2cccs2)CC1. The number of hydrogen-bond donors (Lipinski definition) is 0. The summed E-state index contributed by atoms with van der Waals surface area (Å²) < 4.78 is 29.4. The van der Waals surface area contributed by atoms with Crippen LogP contribution in [0.1, 0.15) is 27.0 Å². The van der Waals surface area contributed by atoms with Gasteiger partial charge in [0.2, 0.25) is 0 Å². The van der Waals surface area contributed by atoms with E-state index in [-0.39, 0.29) is 28.0 Å². The zero-order chi connectivity index (χ0) is 21.7. The lowest BCUT2D eigenvalue weighted by molar-refractivity contribution is -0.136. The molecular weight excluding hydrogens is 428 g/mol. The maximum absolute atomic E-state index is 12.4. The minimum atomic E-state index is -3.60. The van der Waals surface area contributed by atoms with Crippen LogP contribution in [0.5, 0.6) is 0 Å². The number of carbonyl (C=O) groups is 3. The molecule has 0 saturated carbocycles. The van der Waals surface area contributed by atoms with Crippen molar-refractivity contribution in [3.05, 3.63) is 52.2 Å². The topological polar surface area (TPSA) is 101 Å². The number of benzene rings is 1. The molecule has 8 nitrogen and oxygen atoms in total. The molecule has 1 aliphatic rings. The first-order valence-corrected chi connectivity index (χ1v) is 12.0. The van der Waals surface area contributed by atoms with Crippen molar-refractivity contribution in [3.8, 4) is 0 Å². The van der Waals surface area contributed by atoms with Crippen LogP contribution in [0.4, 0.5) is 0 Å². The number of thiophene rings is 1. The Kier molecular flexibility index (Phi) is 6.88. The lowest BCUT2D eigenvalue weighted by Crippen LogP contribution is -2.51. The third-order valence-electron chi connectivity index (χ3n) is 4.80. The van der Waals surface area contributed by atoms with Crippen LogP contribution < -0.4 is 0 Å². The van der Waals surface area contributed by atoms with E-state index in [9.17, 15) is 22.8 Å². The van der Waals surface area contributed by atoms with Gasteiger partial charge < -0.3 is 14.5 Å². The second kappa shape index (κ2) is 9.40. The summed E-state index contributed by atoms with van der Waals surface area (Å²) in [6.45, 7) is 2.48. The predicted molar refractivity (Wildman–Crippen MR) is 111 cm³/mol. The molecule has 0 spiro atoms. The standard InChI is InChI=1S/C20H22N2O6S2/c1-2-30(26,27)17-8-4-3-6-15(17)20(25)28-14-18(23)21-9-11-22(12-10-21)19(24)16-7-5-13-29-16/h3-8,13H,2,9-12,14H2,1H3. The predicted octanol–water partition coefficient (Wildman–Crippen LogP) is 1.68. The smallest absolute Gasteiger partial charge is 0.339 e. The molecule has 1 fully saturated rings. The summed E-state index contributed by atoms with van der Waals surface area (Å²) in [7, 11) is -3.60. The molecule has 10 heteroatoms. The van der Waals surface area contributed by atoms with Gasteiger partial charge in [-0.15, -0.1) is 11.3 Å². The summed E-state index contributed by atoms with van der Waals surface area (Å²) in [5.74, 6) is -1.45. The number of nitrogens with zero attached hydrogens (tertiary/aromatic N) is 2. The van der Waals surface area contributed by atoms with Gasteiger partial charge in [-0.2, -0.15) is 0 Å². The molecule has 1 saturated heterocycles. The third-order valence-corrected chi connectivity index (χ3v) is 7.44. The van der Waals surface area contributed by atoms with Crippen LogP contribution in [0.25, 0.3) is 0 Å². The lowest BCUT2D eigenvalue weighted by Gasteiger charge is -2.34. The number of rotatable bonds is 6. The largest absolute Gasteiger partial charge is 0.452 e. The number of amides is 2. The second-order valence-electron chi connectivity index (χ2n) is 6.63. The summed E-state index contributed by atoms with van der Waals surface area (Å²) in [6, 6.07) is 9.36. The van der Waals surface area contributed by atoms with Gasteiger partial charge in [-0.1, -0.05) is 25.1 Å². The van der Waals surface area contributed by atoms with Gasteiger partial charge in [-0.3, -0.25) is 9.59 Å². The van der Waals surface area contributed by atoms with Crippen molar-refractivity contribution in [1.82, 2.24) is 9.80 Å². The van der Waals surface area contributed by atoms with Crippen LogP contribution in [0.15, 0.2) is 46.7 Å². The highest BCUT2D eigenvalue weighted by Gasteiger charge is 2.27. The van der Waals surface area contributed by atoms with Gasteiger partial charge in [0.1, 0.15) is 0 Å². The van der Waals surface area contributed by atoms with Gasteiger partial charge >= 0.3 is 5.97 Å². The summed E-state index contributed by atoms with van der Waals surface area (Å²) >= 11 is 1.37. The number of hydrogen-bond acceptors (Lipinski definition) is 7. The molecule has 1 aromatic heterocycles. The zero-order valence-electron chi connectivity index (χ0n) is 16.4. The number of esters is 1. The van der Waals surface area contributed by atoms with Crippen molar-refractivity contribution in [3.63, 3.8) is 0 Å². The molecule has 0 N–H and O–H groups in total. The van der Waals surface area contributed by atoms with E-state index < -0.39 is 22.4 Å². The molecule has 30 heavy (non-hydrogen) atoms. The van der Waals surface area contributed by atoms with Crippen LogP contribution in [0, 0.1) is 0 Å². The summed E-state index contributed by atoms with van der Waals surface area (Å²) in [6.07, 6.45) is 0. The molecule has 0 unspecified atom stereocenters. The van der Waals surface area contributed by atoms with Gasteiger partial charge in [-0.05, 0) is 23.6 Å². The molecule has 3 rings (SSSR count). The average molecular weight is 451 g/mol. The highest BCUT2D eigenvalue weighted by atomic mass is 32.2. The highest BCUT2D eigenvalue weighted by Crippen LogP contribution is 2.18. The summed E-state index contributed by atoms with van der Waals surface area (Å²) in [4.78, 5) is 40.9. The molecule has 2 heterocycles. The van der Waals surface area contributed by atoms with Gasteiger partial charge in [0, 0.05) is 26.2 Å². The van der Waals surface area contributed by atoms with E-state index in [0.717, 1.165) is 0 Å². The highest BCUT2D eigenvalue weighted by molar-refractivity contribution is 7.91. The van der Waals surface area contributed by atoms with E-state index in [4.69, 9.17) is 4.74 Å². The molecule has 0 aliphatic carbocycles. The maximum atomic E-state index is 12.4. The van der Waals surface area contributed by atoms with Crippen LogP contribution in [-0.4, -0.2) is 74.5 Å². The minimum absolute atomic E-state index is 0.0581. The molecule has 2 aromatic rings. The quantitative estimate of drug-likeness (QED) is 0.621. The summed E-state index contributed by atoms with van der Waals surface area (Å²) in [5, 5.41) is 1.84. The number of ether oxygens (including phenoxy) is 1. The zero-order valence-corrected chi connectivity index (χ0v) is 18.1. The molecular formula is C20H22N2O6S2. The fourth-order valence-electron chi connectivity index (χ4n) is 3.07. The lowest BCUT2D eigenvalue weighted by atomic mass is 10.2. The summed E-state index contributed by atoms with van der Waals surface area (Å²) in [5.41, 5.74) is -0.0847. The maximum Gasteiger partial charge on any atom is 0.339 e. The Balaban J connectivity index is 1.55. The van der Waals surface area contributed by atoms with E-state index in [1.807, 2.05) is 11.4 Å². The number of carbonyl (C=O) groups excluding carboxylic acids is 3. The van der Waals surface area contributed by atoms with Gasteiger partial charge in [0.15, 0.2) is 16.4 Å². The van der Waals surface area contributed by atoms with Crippen molar-refractivity contribution >= 4 is 39.0 Å². The number of sulfone groups is 1. The van der Waals surface area contributed by atoms with Crippen molar-refractivity contribution in [2.24, 2.45) is 0 Å². The van der Waals surface area contributed by atoms with Gasteiger partial charge in [0.25, 0.3) is 11.8 Å². The van der Waals surface area contributed by atoms with Gasteiger partial charge in [0.05, 0.1) is 21.1 Å². The van der Waals surface area contributed by atoms with E-state index >= 15 is 0 Å². The van der Waals surface area contributed by atoms with E-state index in [0.29, 0.717) is 31.1 Å². The Morgan fingerprint density at radius 3 is 2.30 bits per heavy atom. The molecule has 1 aliphatic heterocycles. The van der Waals surface area contributed by atoms with E-state index in [1.54, 1.807) is 11.0 Å². The molecule has 2 amide bonds. The normalized spacial score (nSPS) is 14.4. The first-order valence-electron chi connectivity index (χ1n) is 9.43. The van der Waals surface area contributed by atoms with Crippen LogP contribution in [0.2, 0.25) is 0 Å². The van der Waals surface area contributed by atoms with Crippen molar-refractivity contribution in [2.45, 2.75) is 11.8 Å². The van der Waals surface area contributed by atoms with Crippen molar-refractivity contribution in [2.75, 3.05) is 38.5 Å². The van der Waals surface area contributed by atoms with E-state index in [1.165, 1.54) is 47.4 Å². The first-order chi connectivity index (χ1) is 14.3. The third kappa shape index (κ3) is 4.88. The van der Waals surface area contributed by atoms with Crippen molar-refractivity contribution in [1.29, 1.82) is 0 Å². The molecule has 0 radical (unpaired) electrons. The Hall–Kier alpha value is -2.72. The van der Waals surface area contributed by atoms with E-state index in [2.05, 4.69) is 0 Å². The Morgan fingerprint density at radius 1 is 1.00 bits per heavy atom. The molecule has 0 bridgehead atoms. The monoisotopic (exact) mass is 450 g/mol. The fourth-order valence-corrected chi connectivity index (χ4v) is 4.85. The van der Waals surface area contributed by atoms with Crippen LogP contribution in [0.3, 0.4) is 0 Å². The molecule has 160 valence electrons. The van der Waals surface area contributed by atoms with Crippen molar-refractivity contribution < 1.29 is 27.5 Å². The Morgan fingerprint density at radius 2 is 1.67 bits per heavy atom. The minimum Gasteiger partial charge on any atom is -0.452 e. The first kappa shape index (κ1) is 22.0. The average Bonchev–Trinajstić information content (AvgIpc) is 3.31. The second-order valence-corrected chi connectivity index (χ2v) is 9.82. The Labute approximate surface area is 179 Å². The number of piperazine rings is 1. The molecule has 1 aromatic carbocycles. The molecule has 0 atom stereocenters. The van der Waals surface area contributed by atoms with Gasteiger partial charge in [-0.25, -0.2) is 13.2 Å². The van der Waals surface area contributed by atoms with Crippen LogP contribution >= 0.6 is 11.3 Å². The van der Waals surface area contributed by atoms with Crippen LogP contribution in [-0.2, 0) is 19.4 Å². The fraction of sp³-hybridized carbons (Fsp3) is 0.350.